The zero-order valence-corrected chi connectivity index (χ0v) is 11.1. The Morgan fingerprint density at radius 1 is 1.28 bits per heavy atom. The van der Waals surface area contributed by atoms with Crippen molar-refractivity contribution in [2.75, 3.05) is 31.1 Å². The van der Waals surface area contributed by atoms with Crippen molar-refractivity contribution in [2.24, 2.45) is 5.73 Å². The highest BCUT2D eigenvalue weighted by Crippen LogP contribution is 2.15. The van der Waals surface area contributed by atoms with E-state index in [1.807, 2.05) is 17.8 Å². The number of thioether (sulfide) groups is 1. The van der Waals surface area contributed by atoms with E-state index in [1.54, 1.807) is 6.07 Å². The summed E-state index contributed by atoms with van der Waals surface area (Å²) in [6.45, 7) is 3.25. The van der Waals surface area contributed by atoms with Gasteiger partial charge in [-0.2, -0.15) is 11.8 Å². The van der Waals surface area contributed by atoms with E-state index < -0.39 is 0 Å². The molecule has 1 aliphatic heterocycles. The average Bonchev–Trinajstić information content (AvgIpc) is 2.37. The van der Waals surface area contributed by atoms with Crippen LogP contribution < -0.4 is 5.73 Å². The first kappa shape index (κ1) is 13.4. The smallest absolute Gasteiger partial charge is 0.124 e. The summed E-state index contributed by atoms with van der Waals surface area (Å²) in [6.07, 6.45) is 0. The first-order chi connectivity index (χ1) is 8.78. The van der Waals surface area contributed by atoms with Crippen LogP contribution in [0.4, 0.5) is 4.39 Å². The number of halogens is 1. The highest BCUT2D eigenvalue weighted by molar-refractivity contribution is 7.99. The van der Waals surface area contributed by atoms with Crippen LogP contribution >= 0.6 is 11.8 Å². The lowest BCUT2D eigenvalue weighted by atomic mass is 10.1. The number of hydrogen-bond donors (Lipinski definition) is 1. The highest BCUT2D eigenvalue weighted by Gasteiger charge is 2.11. The molecule has 1 aromatic rings. The Labute approximate surface area is 112 Å². The zero-order chi connectivity index (χ0) is 12.8. The Bertz CT molecular complexity index is 459. The van der Waals surface area contributed by atoms with Crippen LogP contribution in [0.1, 0.15) is 11.1 Å². The number of nitrogens with zero attached hydrogens (tertiary/aromatic N) is 1. The molecule has 18 heavy (non-hydrogen) atoms. The van der Waals surface area contributed by atoms with Gasteiger partial charge >= 0.3 is 0 Å². The quantitative estimate of drug-likeness (QED) is 0.824. The summed E-state index contributed by atoms with van der Waals surface area (Å²) in [4.78, 5) is 2.35. The van der Waals surface area contributed by atoms with E-state index in [9.17, 15) is 4.39 Å². The summed E-state index contributed by atoms with van der Waals surface area (Å²) in [5.74, 6) is 7.74. The molecule has 1 saturated heterocycles. The van der Waals surface area contributed by atoms with Crippen molar-refractivity contribution < 1.29 is 4.39 Å². The Kier molecular flexibility index (Phi) is 5.06. The molecule has 96 valence electrons. The molecule has 0 bridgehead atoms. The Balaban J connectivity index is 2.09. The second-order valence-corrected chi connectivity index (χ2v) is 5.47. The zero-order valence-electron chi connectivity index (χ0n) is 10.3. The van der Waals surface area contributed by atoms with Crippen LogP contribution in [0, 0.1) is 17.7 Å². The monoisotopic (exact) mass is 264 g/mol. The molecule has 2 nitrogen and oxygen atoms in total. The summed E-state index contributed by atoms with van der Waals surface area (Å²) in [7, 11) is 0. The molecule has 1 fully saturated rings. The molecule has 1 aromatic carbocycles. The minimum atomic E-state index is -0.222. The SMILES string of the molecule is NCC#Cc1cc(F)cc(CN2CCSCC2)c1. The second kappa shape index (κ2) is 6.79. The fraction of sp³-hybridized carbons (Fsp3) is 0.429. The fourth-order valence-electron chi connectivity index (χ4n) is 1.98. The van der Waals surface area contributed by atoms with Crippen LogP contribution in [0.15, 0.2) is 18.2 Å². The van der Waals surface area contributed by atoms with Crippen molar-refractivity contribution in [1.82, 2.24) is 4.90 Å². The van der Waals surface area contributed by atoms with Gasteiger partial charge in [-0.15, -0.1) is 0 Å². The summed E-state index contributed by atoms with van der Waals surface area (Å²) < 4.78 is 13.5. The molecule has 4 heteroatoms. The number of hydrogen-bond acceptors (Lipinski definition) is 3. The van der Waals surface area contributed by atoms with E-state index in [2.05, 4.69) is 16.7 Å². The fourth-order valence-corrected chi connectivity index (χ4v) is 2.96. The third kappa shape index (κ3) is 4.02. The van der Waals surface area contributed by atoms with Crippen molar-refractivity contribution in [3.8, 4) is 11.8 Å². The Morgan fingerprint density at radius 2 is 2.06 bits per heavy atom. The molecule has 0 unspecified atom stereocenters. The second-order valence-electron chi connectivity index (χ2n) is 4.24. The van der Waals surface area contributed by atoms with E-state index >= 15 is 0 Å². The molecule has 0 aromatic heterocycles. The minimum absolute atomic E-state index is 0.222. The molecule has 0 aliphatic carbocycles. The maximum absolute atomic E-state index is 13.5. The molecule has 2 rings (SSSR count). The molecule has 0 saturated carbocycles. The van der Waals surface area contributed by atoms with E-state index in [1.165, 1.54) is 6.07 Å². The molecule has 2 N–H and O–H groups in total. The molecule has 0 radical (unpaired) electrons. The summed E-state index contributed by atoms with van der Waals surface area (Å²) in [6, 6.07) is 5.00. The van der Waals surface area contributed by atoms with Gasteiger partial charge in [-0.05, 0) is 23.8 Å². The van der Waals surface area contributed by atoms with Gasteiger partial charge in [0.1, 0.15) is 5.82 Å². The van der Waals surface area contributed by atoms with Crippen molar-refractivity contribution in [3.63, 3.8) is 0 Å². The van der Waals surface area contributed by atoms with E-state index in [-0.39, 0.29) is 5.82 Å². The van der Waals surface area contributed by atoms with E-state index in [0.717, 1.165) is 36.7 Å². The van der Waals surface area contributed by atoms with Crippen LogP contribution in [0.5, 0.6) is 0 Å². The summed E-state index contributed by atoms with van der Waals surface area (Å²) in [5, 5.41) is 0. The first-order valence-corrected chi connectivity index (χ1v) is 7.22. The summed E-state index contributed by atoms with van der Waals surface area (Å²) in [5.41, 5.74) is 7.02. The molecule has 0 spiro atoms. The van der Waals surface area contributed by atoms with Gasteiger partial charge in [0.15, 0.2) is 0 Å². The van der Waals surface area contributed by atoms with Crippen LogP contribution in [-0.2, 0) is 6.54 Å². The normalized spacial score (nSPS) is 16.1. The van der Waals surface area contributed by atoms with Gasteiger partial charge in [0.05, 0.1) is 6.54 Å². The molecule has 0 atom stereocenters. The lowest BCUT2D eigenvalue weighted by molar-refractivity contribution is 0.294. The molecular formula is C14H17FN2S. The number of nitrogens with two attached hydrogens (primary N) is 1. The lowest BCUT2D eigenvalue weighted by Gasteiger charge is -2.26. The largest absolute Gasteiger partial charge is 0.320 e. The van der Waals surface area contributed by atoms with Crippen molar-refractivity contribution >= 4 is 11.8 Å². The standard InChI is InChI=1S/C14H17FN2S/c15-14-9-12(2-1-3-16)8-13(10-14)11-17-4-6-18-7-5-17/h8-10H,3-7,11,16H2. The van der Waals surface area contributed by atoms with Crippen LogP contribution in [0.25, 0.3) is 0 Å². The molecular weight excluding hydrogens is 247 g/mol. The van der Waals surface area contributed by atoms with Crippen LogP contribution in [0.3, 0.4) is 0 Å². The van der Waals surface area contributed by atoms with Gasteiger partial charge in [-0.1, -0.05) is 11.8 Å². The molecule has 1 heterocycles. The van der Waals surface area contributed by atoms with Gasteiger partial charge in [0, 0.05) is 36.7 Å². The van der Waals surface area contributed by atoms with Crippen molar-refractivity contribution in [2.45, 2.75) is 6.54 Å². The van der Waals surface area contributed by atoms with E-state index in [4.69, 9.17) is 5.73 Å². The third-order valence-electron chi connectivity index (χ3n) is 2.80. The molecule has 0 amide bonds. The Morgan fingerprint density at radius 3 is 2.78 bits per heavy atom. The Hall–Kier alpha value is -1.02. The number of benzene rings is 1. The van der Waals surface area contributed by atoms with Gasteiger partial charge in [0.25, 0.3) is 0 Å². The van der Waals surface area contributed by atoms with Crippen LogP contribution in [-0.4, -0.2) is 36.0 Å². The van der Waals surface area contributed by atoms with Gasteiger partial charge < -0.3 is 5.73 Å². The number of rotatable bonds is 2. The lowest BCUT2D eigenvalue weighted by Crippen LogP contribution is -2.32. The van der Waals surface area contributed by atoms with Crippen LogP contribution in [0.2, 0.25) is 0 Å². The maximum Gasteiger partial charge on any atom is 0.124 e. The average molecular weight is 264 g/mol. The predicted octanol–water partition coefficient (Wildman–Crippen LogP) is 1.68. The highest BCUT2D eigenvalue weighted by atomic mass is 32.2. The minimum Gasteiger partial charge on any atom is -0.320 e. The predicted molar refractivity (Wildman–Crippen MR) is 74.9 cm³/mol. The topological polar surface area (TPSA) is 29.3 Å². The van der Waals surface area contributed by atoms with E-state index in [0.29, 0.717) is 12.1 Å². The summed E-state index contributed by atoms with van der Waals surface area (Å²) >= 11 is 1.97. The van der Waals surface area contributed by atoms with Crippen molar-refractivity contribution in [1.29, 1.82) is 0 Å². The maximum atomic E-state index is 13.5. The van der Waals surface area contributed by atoms with Gasteiger partial charge in [0.2, 0.25) is 0 Å². The van der Waals surface area contributed by atoms with Crippen molar-refractivity contribution in [3.05, 3.63) is 35.1 Å². The van der Waals surface area contributed by atoms with Gasteiger partial charge in [-0.3, -0.25) is 4.90 Å². The molecule has 1 aliphatic rings. The third-order valence-corrected chi connectivity index (χ3v) is 3.74. The first-order valence-electron chi connectivity index (χ1n) is 6.06. The van der Waals surface area contributed by atoms with Gasteiger partial charge in [-0.25, -0.2) is 4.39 Å².